The van der Waals surface area contributed by atoms with Gasteiger partial charge in [0.1, 0.15) is 5.60 Å². The lowest BCUT2D eigenvalue weighted by Crippen LogP contribution is -2.34. The SMILES string of the molecule is CCOC(=S)SC(CCC(=O)OC(C)(C)C)CN(C)C(=O)c1cc(OC)c(OC)c(OC)c1. The second-order valence-electron chi connectivity index (χ2n) is 8.15. The molecule has 0 aliphatic heterocycles. The van der Waals surface area contributed by atoms with Gasteiger partial charge in [-0.15, -0.1) is 0 Å². The number of carbonyl (C=O) groups excluding carboxylic acids is 2. The van der Waals surface area contributed by atoms with Gasteiger partial charge in [0.05, 0.1) is 27.9 Å². The molecule has 0 spiro atoms. The summed E-state index contributed by atoms with van der Waals surface area (Å²) in [6, 6.07) is 3.21. The van der Waals surface area contributed by atoms with E-state index >= 15 is 0 Å². The highest BCUT2D eigenvalue weighted by Gasteiger charge is 2.24. The van der Waals surface area contributed by atoms with Crippen LogP contribution in [-0.4, -0.2) is 73.5 Å². The van der Waals surface area contributed by atoms with Crippen molar-refractivity contribution in [2.24, 2.45) is 0 Å². The molecule has 0 bridgehead atoms. The van der Waals surface area contributed by atoms with Gasteiger partial charge in [-0.3, -0.25) is 9.59 Å². The molecule has 0 aliphatic rings. The topological polar surface area (TPSA) is 83.5 Å². The summed E-state index contributed by atoms with van der Waals surface area (Å²) < 4.78 is 27.2. The Bertz CT molecular complexity index is 799. The number of esters is 1. The van der Waals surface area contributed by atoms with Crippen LogP contribution in [0.2, 0.25) is 0 Å². The second-order valence-corrected chi connectivity index (χ2v) is 10.1. The van der Waals surface area contributed by atoms with Crippen LogP contribution in [0.15, 0.2) is 12.1 Å². The molecule has 0 aromatic heterocycles. The Balaban J connectivity index is 3.00. The Kier molecular flexibility index (Phi) is 11.8. The summed E-state index contributed by atoms with van der Waals surface area (Å²) >= 11 is 6.61. The molecule has 186 valence electrons. The molecule has 0 heterocycles. The molecule has 33 heavy (non-hydrogen) atoms. The molecule has 10 heteroatoms. The molecule has 0 saturated heterocycles. The first kappa shape index (κ1) is 28.8. The number of ether oxygens (including phenoxy) is 5. The van der Waals surface area contributed by atoms with E-state index in [1.54, 1.807) is 24.1 Å². The number of nitrogens with zero attached hydrogens (tertiary/aromatic N) is 1. The molecule has 1 atom stereocenters. The average Bonchev–Trinajstić information content (AvgIpc) is 2.74. The van der Waals surface area contributed by atoms with E-state index in [0.717, 1.165) is 0 Å². The van der Waals surface area contributed by atoms with E-state index in [0.29, 0.717) is 46.8 Å². The smallest absolute Gasteiger partial charge is 0.306 e. The van der Waals surface area contributed by atoms with Gasteiger partial charge in [0.15, 0.2) is 11.5 Å². The van der Waals surface area contributed by atoms with Gasteiger partial charge in [-0.25, -0.2) is 0 Å². The number of carbonyl (C=O) groups is 2. The Hall–Kier alpha value is -2.20. The van der Waals surface area contributed by atoms with Crippen molar-refractivity contribution in [1.29, 1.82) is 0 Å². The van der Waals surface area contributed by atoms with E-state index in [9.17, 15) is 9.59 Å². The normalized spacial score (nSPS) is 11.9. The van der Waals surface area contributed by atoms with Crippen LogP contribution >= 0.6 is 24.0 Å². The van der Waals surface area contributed by atoms with Gasteiger partial charge in [0.25, 0.3) is 5.91 Å². The van der Waals surface area contributed by atoms with Crippen molar-refractivity contribution < 1.29 is 33.3 Å². The van der Waals surface area contributed by atoms with Gasteiger partial charge < -0.3 is 28.6 Å². The molecule has 1 aromatic carbocycles. The quantitative estimate of drug-likeness (QED) is 0.325. The lowest BCUT2D eigenvalue weighted by molar-refractivity contribution is -0.154. The fraction of sp³-hybridized carbons (Fsp3) is 0.609. The van der Waals surface area contributed by atoms with Crippen molar-refractivity contribution in [1.82, 2.24) is 4.90 Å². The molecule has 1 amide bonds. The summed E-state index contributed by atoms with van der Waals surface area (Å²) in [5, 5.41) is -0.160. The molecule has 0 radical (unpaired) electrons. The Morgan fingerprint density at radius 2 is 1.67 bits per heavy atom. The first-order valence-corrected chi connectivity index (χ1v) is 11.8. The Morgan fingerprint density at radius 3 is 2.12 bits per heavy atom. The fourth-order valence-electron chi connectivity index (χ4n) is 2.96. The molecule has 1 aromatic rings. The number of benzene rings is 1. The monoisotopic (exact) mass is 501 g/mol. The van der Waals surface area contributed by atoms with Crippen molar-refractivity contribution in [3.8, 4) is 17.2 Å². The van der Waals surface area contributed by atoms with Crippen molar-refractivity contribution in [3.63, 3.8) is 0 Å². The summed E-state index contributed by atoms with van der Waals surface area (Å²) in [7, 11) is 6.18. The first-order valence-electron chi connectivity index (χ1n) is 10.6. The Labute approximate surface area is 206 Å². The van der Waals surface area contributed by atoms with Crippen molar-refractivity contribution in [2.45, 2.75) is 51.4 Å². The minimum atomic E-state index is -0.556. The highest BCUT2D eigenvalue weighted by molar-refractivity contribution is 8.23. The molecule has 0 N–H and O–H groups in total. The number of thioether (sulfide) groups is 1. The average molecular weight is 502 g/mol. The van der Waals surface area contributed by atoms with Gasteiger partial charge in [-0.1, -0.05) is 11.8 Å². The number of rotatable bonds is 11. The van der Waals surface area contributed by atoms with Gasteiger partial charge in [-0.05, 0) is 58.5 Å². The summed E-state index contributed by atoms with van der Waals surface area (Å²) in [4.78, 5) is 26.9. The van der Waals surface area contributed by atoms with Crippen molar-refractivity contribution in [2.75, 3.05) is 41.5 Å². The van der Waals surface area contributed by atoms with E-state index in [2.05, 4.69) is 0 Å². The number of amides is 1. The molecule has 0 saturated carbocycles. The number of thiocarbonyl (C=S) groups is 1. The zero-order chi connectivity index (χ0) is 25.2. The maximum atomic E-state index is 13.2. The summed E-state index contributed by atoms with van der Waals surface area (Å²) in [5.74, 6) is 0.657. The van der Waals surface area contributed by atoms with Gasteiger partial charge >= 0.3 is 5.97 Å². The predicted octanol–water partition coefficient (Wildman–Crippen LogP) is 4.33. The number of hydrogen-bond donors (Lipinski definition) is 0. The maximum Gasteiger partial charge on any atom is 0.306 e. The molecule has 1 rings (SSSR count). The summed E-state index contributed by atoms with van der Waals surface area (Å²) in [5.41, 5.74) is -0.171. The maximum absolute atomic E-state index is 13.2. The van der Waals surface area contributed by atoms with E-state index in [-0.39, 0.29) is 23.5 Å². The summed E-state index contributed by atoms with van der Waals surface area (Å²) in [6.07, 6.45) is 0.676. The zero-order valence-corrected chi connectivity index (χ0v) is 22.3. The van der Waals surface area contributed by atoms with Crippen molar-refractivity contribution in [3.05, 3.63) is 17.7 Å². The fourth-order valence-corrected chi connectivity index (χ4v) is 4.48. The molecular weight excluding hydrogens is 466 g/mol. The standard InChI is InChI=1S/C23H35NO7S2/c1-9-30-22(32)33-16(10-11-19(25)31-23(2,3)4)14-24(5)21(26)15-12-17(27-6)20(29-8)18(13-15)28-7/h12-13,16H,9-11,14H2,1-8H3. The van der Waals surface area contributed by atoms with Gasteiger partial charge in [-0.2, -0.15) is 0 Å². The van der Waals surface area contributed by atoms with E-state index in [4.69, 9.17) is 35.9 Å². The largest absolute Gasteiger partial charge is 0.493 e. The van der Waals surface area contributed by atoms with Gasteiger partial charge in [0.2, 0.25) is 10.1 Å². The van der Waals surface area contributed by atoms with E-state index in [1.165, 1.54) is 33.1 Å². The lowest BCUT2D eigenvalue weighted by Gasteiger charge is -2.25. The van der Waals surface area contributed by atoms with Crippen LogP contribution in [0.1, 0.15) is 50.9 Å². The van der Waals surface area contributed by atoms with Crippen LogP contribution in [0.25, 0.3) is 0 Å². The molecule has 0 aliphatic carbocycles. The predicted molar refractivity (Wildman–Crippen MR) is 134 cm³/mol. The first-order chi connectivity index (χ1) is 15.4. The molecule has 0 fully saturated rings. The van der Waals surface area contributed by atoms with Crippen LogP contribution in [0.5, 0.6) is 17.2 Å². The molecule has 1 unspecified atom stereocenters. The van der Waals surface area contributed by atoms with Crippen LogP contribution < -0.4 is 14.2 Å². The zero-order valence-electron chi connectivity index (χ0n) is 20.7. The minimum absolute atomic E-state index is 0.160. The third kappa shape index (κ3) is 9.67. The molecular formula is C23H35NO7S2. The third-order valence-electron chi connectivity index (χ3n) is 4.35. The Morgan fingerprint density at radius 1 is 1.09 bits per heavy atom. The van der Waals surface area contributed by atoms with Crippen LogP contribution in [-0.2, 0) is 14.3 Å². The second kappa shape index (κ2) is 13.5. The van der Waals surface area contributed by atoms with Crippen LogP contribution in [0.3, 0.4) is 0 Å². The van der Waals surface area contributed by atoms with Crippen LogP contribution in [0, 0.1) is 0 Å². The number of hydrogen-bond acceptors (Lipinski definition) is 9. The van der Waals surface area contributed by atoms with Gasteiger partial charge in [0, 0.05) is 30.8 Å². The minimum Gasteiger partial charge on any atom is -0.493 e. The number of methoxy groups -OCH3 is 3. The van der Waals surface area contributed by atoms with Crippen molar-refractivity contribution >= 4 is 40.2 Å². The van der Waals surface area contributed by atoms with Crippen LogP contribution in [0.4, 0.5) is 0 Å². The van der Waals surface area contributed by atoms with E-state index < -0.39 is 5.60 Å². The lowest BCUT2D eigenvalue weighted by atomic mass is 10.1. The third-order valence-corrected chi connectivity index (χ3v) is 5.79. The van der Waals surface area contributed by atoms with E-state index in [1.807, 2.05) is 27.7 Å². The molecule has 8 nitrogen and oxygen atoms in total. The highest BCUT2D eigenvalue weighted by Crippen LogP contribution is 2.38. The summed E-state index contributed by atoms with van der Waals surface area (Å²) in [6.45, 7) is 8.12. The highest BCUT2D eigenvalue weighted by atomic mass is 32.2.